The van der Waals surface area contributed by atoms with Gasteiger partial charge in [-0.15, -0.1) is 0 Å². The number of H-pyrrole nitrogens is 1. The van der Waals surface area contributed by atoms with E-state index in [0.29, 0.717) is 24.6 Å². The van der Waals surface area contributed by atoms with Crippen molar-refractivity contribution in [2.24, 2.45) is 5.92 Å². The maximum absolute atomic E-state index is 14.1. The Kier molecular flexibility index (Phi) is 8.63. The lowest BCUT2D eigenvalue weighted by Gasteiger charge is -2.29. The molecule has 6 nitrogen and oxygen atoms in total. The highest BCUT2D eigenvalue weighted by atomic mass is 19.4. The summed E-state index contributed by atoms with van der Waals surface area (Å²) < 4.78 is 52.3. The highest BCUT2D eigenvalue weighted by molar-refractivity contribution is 5.92. The Morgan fingerprint density at radius 3 is 2.36 bits per heavy atom. The smallest absolute Gasteiger partial charge is 0.416 e. The number of aromatic amines is 1. The zero-order valence-corrected chi connectivity index (χ0v) is 19.0. The largest absolute Gasteiger partial charge is 0.483 e. The van der Waals surface area contributed by atoms with E-state index in [2.05, 4.69) is 10.3 Å². The second kappa shape index (κ2) is 11.7. The second-order valence-electron chi connectivity index (χ2n) is 8.40. The Hall–Kier alpha value is -3.95. The van der Waals surface area contributed by atoms with Crippen molar-refractivity contribution in [3.8, 4) is 11.3 Å². The molecule has 3 aromatic rings. The van der Waals surface area contributed by atoms with Crippen LogP contribution in [0.3, 0.4) is 0 Å². The van der Waals surface area contributed by atoms with E-state index in [9.17, 15) is 27.2 Å². The summed E-state index contributed by atoms with van der Waals surface area (Å²) in [6.07, 6.45) is -1.74. The molecule has 2 atom stereocenters. The molecule has 2 aromatic carbocycles. The number of anilines is 1. The summed E-state index contributed by atoms with van der Waals surface area (Å²) in [6, 6.07) is 14.8. The Morgan fingerprint density at radius 2 is 1.75 bits per heavy atom. The van der Waals surface area contributed by atoms with Crippen LogP contribution < -0.4 is 10.9 Å². The summed E-state index contributed by atoms with van der Waals surface area (Å²) in [4.78, 5) is 35.4. The van der Waals surface area contributed by atoms with Crippen LogP contribution in [-0.2, 0) is 15.8 Å². The lowest BCUT2D eigenvalue weighted by Crippen LogP contribution is -2.28. The van der Waals surface area contributed by atoms with Crippen LogP contribution >= 0.6 is 0 Å². The molecule has 0 aliphatic heterocycles. The number of carboxylic acid groups (broad SMARTS) is 1. The van der Waals surface area contributed by atoms with E-state index in [1.54, 1.807) is 6.07 Å². The van der Waals surface area contributed by atoms with Gasteiger partial charge in [-0.2, -0.15) is 13.2 Å². The van der Waals surface area contributed by atoms with Gasteiger partial charge in [0, 0.05) is 17.7 Å². The van der Waals surface area contributed by atoms with Gasteiger partial charge in [-0.05, 0) is 60.6 Å². The average molecular weight is 504 g/mol. The zero-order chi connectivity index (χ0) is 26.3. The third-order valence-electron chi connectivity index (χ3n) is 6.06. The molecular formula is C26H24F4N2O4. The predicted octanol–water partition coefficient (Wildman–Crippen LogP) is 5.81. The third-order valence-corrected chi connectivity index (χ3v) is 6.06. The number of hydrogen-bond donors (Lipinski definition) is 3. The Balaban J connectivity index is 0.00000115. The number of alkyl halides is 3. The lowest BCUT2D eigenvalue weighted by molar-refractivity contribution is -0.137. The number of benzene rings is 2. The van der Waals surface area contributed by atoms with E-state index in [1.165, 1.54) is 6.07 Å². The van der Waals surface area contributed by atoms with Gasteiger partial charge in [0.25, 0.3) is 6.47 Å². The van der Waals surface area contributed by atoms with E-state index >= 15 is 0 Å². The van der Waals surface area contributed by atoms with Crippen molar-refractivity contribution in [2.45, 2.75) is 37.8 Å². The number of amides is 1. The predicted molar refractivity (Wildman–Crippen MR) is 126 cm³/mol. The van der Waals surface area contributed by atoms with Crippen LogP contribution in [0.1, 0.15) is 42.7 Å². The number of halogens is 4. The minimum absolute atomic E-state index is 0.135. The monoisotopic (exact) mass is 504 g/mol. The minimum Gasteiger partial charge on any atom is -0.483 e. The maximum atomic E-state index is 14.1. The molecule has 1 saturated carbocycles. The maximum Gasteiger partial charge on any atom is 0.416 e. The fourth-order valence-corrected chi connectivity index (χ4v) is 4.31. The quantitative estimate of drug-likeness (QED) is 0.308. The van der Waals surface area contributed by atoms with Gasteiger partial charge in [0.05, 0.1) is 11.3 Å². The van der Waals surface area contributed by atoms with Crippen molar-refractivity contribution in [2.75, 3.05) is 5.32 Å². The highest BCUT2D eigenvalue weighted by Gasteiger charge is 2.32. The second-order valence-corrected chi connectivity index (χ2v) is 8.40. The molecule has 0 spiro atoms. The molecule has 2 unspecified atom stereocenters. The first-order valence-electron chi connectivity index (χ1n) is 11.2. The first-order valence-corrected chi connectivity index (χ1v) is 11.2. The van der Waals surface area contributed by atoms with E-state index in [-0.39, 0.29) is 29.6 Å². The van der Waals surface area contributed by atoms with Crippen LogP contribution in [0.4, 0.5) is 23.2 Å². The Bertz CT molecular complexity index is 1260. The molecule has 1 aliphatic rings. The number of hydrogen-bond acceptors (Lipinski definition) is 3. The van der Waals surface area contributed by atoms with Gasteiger partial charge in [-0.1, -0.05) is 36.8 Å². The van der Waals surface area contributed by atoms with Gasteiger partial charge in [-0.25, -0.2) is 4.39 Å². The summed E-state index contributed by atoms with van der Waals surface area (Å²) in [5.74, 6) is -1.73. The molecule has 190 valence electrons. The Labute approximate surface area is 204 Å². The fraction of sp³-hybridized carbons (Fsp3) is 0.269. The first kappa shape index (κ1) is 26.7. The molecule has 10 heteroatoms. The van der Waals surface area contributed by atoms with Crippen molar-refractivity contribution in [1.82, 2.24) is 4.98 Å². The summed E-state index contributed by atoms with van der Waals surface area (Å²) in [5, 5.41) is 9.34. The third kappa shape index (κ3) is 6.80. The molecule has 4 rings (SSSR count). The summed E-state index contributed by atoms with van der Waals surface area (Å²) in [5.41, 5.74) is 1.13. The molecule has 36 heavy (non-hydrogen) atoms. The van der Waals surface area contributed by atoms with Gasteiger partial charge in [0.1, 0.15) is 5.82 Å². The molecule has 0 radical (unpaired) electrons. The number of pyridine rings is 1. The van der Waals surface area contributed by atoms with Gasteiger partial charge < -0.3 is 15.4 Å². The summed E-state index contributed by atoms with van der Waals surface area (Å²) in [6.45, 7) is -0.250. The molecule has 1 aliphatic carbocycles. The normalized spacial score (nSPS) is 17.4. The molecule has 1 fully saturated rings. The van der Waals surface area contributed by atoms with Crippen LogP contribution in [0.25, 0.3) is 11.3 Å². The number of carbonyl (C=O) groups is 2. The topological polar surface area (TPSA) is 99.3 Å². The van der Waals surface area contributed by atoms with Gasteiger partial charge >= 0.3 is 6.18 Å². The minimum atomic E-state index is -4.65. The molecular weight excluding hydrogens is 480 g/mol. The zero-order valence-electron chi connectivity index (χ0n) is 19.0. The lowest BCUT2D eigenvalue weighted by atomic mass is 9.77. The summed E-state index contributed by atoms with van der Waals surface area (Å²) >= 11 is 0. The van der Waals surface area contributed by atoms with Crippen molar-refractivity contribution in [3.63, 3.8) is 0 Å². The van der Waals surface area contributed by atoms with Crippen LogP contribution in [0.5, 0.6) is 0 Å². The van der Waals surface area contributed by atoms with Crippen LogP contribution in [0, 0.1) is 11.7 Å². The van der Waals surface area contributed by atoms with Crippen LogP contribution in [0.2, 0.25) is 0 Å². The van der Waals surface area contributed by atoms with E-state index in [0.717, 1.165) is 36.1 Å². The standard InChI is InChI=1S/C25H22F4N2O2.CH2O2/c26-20-14-19(25(27,28)29)11-12-22(20)31-24(33)18-4-1-3-17(13-18)15-7-9-16(10-8-15)21-5-2-6-23(32)30-21;2-1-3/h2,5-12,14,17-18H,1,3-4,13H2,(H,30,32)(H,31,33);1H,(H,2,3). The molecule has 1 amide bonds. The number of nitrogens with one attached hydrogen (secondary N) is 2. The van der Waals surface area contributed by atoms with E-state index in [4.69, 9.17) is 9.90 Å². The Morgan fingerprint density at radius 1 is 1.06 bits per heavy atom. The van der Waals surface area contributed by atoms with Crippen molar-refractivity contribution < 1.29 is 32.3 Å². The molecule has 0 saturated heterocycles. The molecule has 3 N–H and O–H groups in total. The SMILES string of the molecule is O=C(Nc1ccc(C(F)(F)F)cc1F)C1CCCC(c2ccc(-c3cccc(=O)[nH]3)cc2)C1.O=CO. The van der Waals surface area contributed by atoms with Gasteiger partial charge in [0.2, 0.25) is 11.5 Å². The van der Waals surface area contributed by atoms with Gasteiger partial charge in [-0.3, -0.25) is 14.4 Å². The van der Waals surface area contributed by atoms with E-state index in [1.807, 2.05) is 30.3 Å². The fourth-order valence-electron chi connectivity index (χ4n) is 4.31. The van der Waals surface area contributed by atoms with E-state index < -0.39 is 23.5 Å². The molecule has 1 aromatic heterocycles. The van der Waals surface area contributed by atoms with Gasteiger partial charge in [0.15, 0.2) is 0 Å². The number of rotatable bonds is 4. The number of aromatic nitrogens is 1. The first-order chi connectivity index (χ1) is 17.1. The average Bonchev–Trinajstić information content (AvgIpc) is 2.85. The van der Waals surface area contributed by atoms with Crippen molar-refractivity contribution in [1.29, 1.82) is 0 Å². The molecule has 0 bridgehead atoms. The van der Waals surface area contributed by atoms with Crippen molar-refractivity contribution >= 4 is 18.1 Å². The van der Waals surface area contributed by atoms with Crippen LogP contribution in [-0.4, -0.2) is 22.5 Å². The molecule has 1 heterocycles. The van der Waals surface area contributed by atoms with Crippen molar-refractivity contribution in [3.05, 3.63) is 88.0 Å². The summed E-state index contributed by atoms with van der Waals surface area (Å²) in [7, 11) is 0. The number of carbonyl (C=O) groups excluding carboxylic acids is 1. The van der Waals surface area contributed by atoms with Crippen LogP contribution in [0.15, 0.2) is 65.5 Å². The highest BCUT2D eigenvalue weighted by Crippen LogP contribution is 2.38.